The lowest BCUT2D eigenvalue weighted by Gasteiger charge is -2.20. The molecule has 1 amide bonds. The minimum atomic E-state index is -0.433. The Morgan fingerprint density at radius 1 is 1.33 bits per heavy atom. The zero-order valence-corrected chi connectivity index (χ0v) is 14.9. The summed E-state index contributed by atoms with van der Waals surface area (Å²) in [5.41, 5.74) is 0.967. The maximum Gasteiger partial charge on any atom is 0.273 e. The molecule has 2 aromatic rings. The molecule has 5 nitrogen and oxygen atoms in total. The Morgan fingerprint density at radius 3 is 2.88 bits per heavy atom. The van der Waals surface area contributed by atoms with Gasteiger partial charge in [-0.15, -0.1) is 11.3 Å². The smallest absolute Gasteiger partial charge is 0.273 e. The van der Waals surface area contributed by atoms with E-state index in [1.165, 1.54) is 10.9 Å². The van der Waals surface area contributed by atoms with Crippen LogP contribution in [0.4, 0.5) is 5.69 Å². The number of rotatable bonds is 3. The maximum absolute atomic E-state index is 12.7. The number of amides is 1. The van der Waals surface area contributed by atoms with Gasteiger partial charge in [0.05, 0.1) is 4.92 Å². The standard InChI is InChI=1S/C17H18N2O3S2/c1-12-4-5-13(11-14(12)19(21)22)17(20)18-7-6-16(24-10-8-18)15-3-2-9-23-15/h2-5,9,11,16H,6-8,10H2,1H3. The van der Waals surface area contributed by atoms with Crippen molar-refractivity contribution in [3.63, 3.8) is 0 Å². The number of carbonyl (C=O) groups is 1. The molecule has 1 saturated heterocycles. The largest absolute Gasteiger partial charge is 0.338 e. The van der Waals surface area contributed by atoms with Gasteiger partial charge in [-0.3, -0.25) is 14.9 Å². The minimum absolute atomic E-state index is 0.00140. The van der Waals surface area contributed by atoms with Crippen LogP contribution in [-0.2, 0) is 0 Å². The third-order valence-electron chi connectivity index (χ3n) is 4.14. The Labute approximate surface area is 148 Å². The Kier molecular flexibility index (Phi) is 5.20. The van der Waals surface area contributed by atoms with Crippen molar-refractivity contribution >= 4 is 34.7 Å². The first-order valence-corrected chi connectivity index (χ1v) is 9.68. The van der Waals surface area contributed by atoms with Gasteiger partial charge in [0.15, 0.2) is 0 Å². The van der Waals surface area contributed by atoms with Crippen molar-refractivity contribution < 1.29 is 9.72 Å². The molecule has 0 N–H and O–H groups in total. The Bertz CT molecular complexity index is 746. The van der Waals surface area contributed by atoms with Gasteiger partial charge in [-0.2, -0.15) is 11.8 Å². The average Bonchev–Trinajstić information content (AvgIpc) is 2.99. The van der Waals surface area contributed by atoms with Crippen LogP contribution in [0.15, 0.2) is 35.7 Å². The minimum Gasteiger partial charge on any atom is -0.338 e. The Hall–Kier alpha value is -1.86. The van der Waals surface area contributed by atoms with E-state index in [9.17, 15) is 14.9 Å². The number of hydrogen-bond acceptors (Lipinski definition) is 5. The van der Waals surface area contributed by atoms with Gasteiger partial charge in [0, 0.05) is 46.2 Å². The summed E-state index contributed by atoms with van der Waals surface area (Å²) in [6, 6.07) is 8.92. The summed E-state index contributed by atoms with van der Waals surface area (Å²) >= 11 is 3.63. The van der Waals surface area contributed by atoms with E-state index in [0.29, 0.717) is 29.5 Å². The van der Waals surface area contributed by atoms with Gasteiger partial charge in [0.1, 0.15) is 0 Å². The Morgan fingerprint density at radius 2 is 2.17 bits per heavy atom. The lowest BCUT2D eigenvalue weighted by atomic mass is 10.1. The molecule has 1 aliphatic rings. The number of nitrogens with zero attached hydrogens (tertiary/aromatic N) is 2. The van der Waals surface area contributed by atoms with Crippen LogP contribution in [0, 0.1) is 17.0 Å². The van der Waals surface area contributed by atoms with Gasteiger partial charge in [0.25, 0.3) is 11.6 Å². The molecule has 1 aliphatic heterocycles. The van der Waals surface area contributed by atoms with E-state index >= 15 is 0 Å². The number of hydrogen-bond donors (Lipinski definition) is 0. The normalized spacial score (nSPS) is 18.2. The predicted molar refractivity (Wildman–Crippen MR) is 97.9 cm³/mol. The van der Waals surface area contributed by atoms with Crippen molar-refractivity contribution in [3.8, 4) is 0 Å². The first-order valence-electron chi connectivity index (χ1n) is 7.75. The highest BCUT2D eigenvalue weighted by Crippen LogP contribution is 2.37. The molecule has 2 heterocycles. The van der Waals surface area contributed by atoms with Gasteiger partial charge in [0.2, 0.25) is 0 Å². The van der Waals surface area contributed by atoms with Crippen molar-refractivity contribution in [1.82, 2.24) is 4.90 Å². The van der Waals surface area contributed by atoms with E-state index in [1.54, 1.807) is 30.4 Å². The molecule has 0 bridgehead atoms. The highest BCUT2D eigenvalue weighted by atomic mass is 32.2. The molecular weight excluding hydrogens is 344 g/mol. The SMILES string of the molecule is Cc1ccc(C(=O)N2CCSC(c3cccs3)CC2)cc1[N+](=O)[O-]. The van der Waals surface area contributed by atoms with E-state index in [1.807, 2.05) is 16.7 Å². The fourth-order valence-electron chi connectivity index (χ4n) is 2.80. The predicted octanol–water partition coefficient (Wildman–Crippen LogP) is 4.29. The third kappa shape index (κ3) is 3.62. The molecule has 1 unspecified atom stereocenters. The number of benzene rings is 1. The number of nitro groups is 1. The van der Waals surface area contributed by atoms with E-state index in [2.05, 4.69) is 17.5 Å². The highest BCUT2D eigenvalue weighted by Gasteiger charge is 2.24. The van der Waals surface area contributed by atoms with Crippen LogP contribution in [0.1, 0.15) is 32.5 Å². The van der Waals surface area contributed by atoms with Crippen molar-refractivity contribution in [2.45, 2.75) is 18.6 Å². The monoisotopic (exact) mass is 362 g/mol. The number of thiophene rings is 1. The molecule has 0 aliphatic carbocycles. The fraction of sp³-hybridized carbons (Fsp3) is 0.353. The summed E-state index contributed by atoms with van der Waals surface area (Å²) in [6.45, 7) is 3.03. The van der Waals surface area contributed by atoms with Crippen LogP contribution in [0.5, 0.6) is 0 Å². The van der Waals surface area contributed by atoms with Crippen LogP contribution in [0.25, 0.3) is 0 Å². The van der Waals surface area contributed by atoms with Crippen molar-refractivity contribution in [2.75, 3.05) is 18.8 Å². The molecule has 24 heavy (non-hydrogen) atoms. The van der Waals surface area contributed by atoms with Gasteiger partial charge < -0.3 is 4.90 Å². The topological polar surface area (TPSA) is 63.5 Å². The van der Waals surface area contributed by atoms with Gasteiger partial charge in [-0.1, -0.05) is 12.1 Å². The summed E-state index contributed by atoms with van der Waals surface area (Å²) in [4.78, 5) is 26.5. The molecule has 3 rings (SSSR count). The zero-order chi connectivity index (χ0) is 17.1. The van der Waals surface area contributed by atoms with Gasteiger partial charge >= 0.3 is 0 Å². The van der Waals surface area contributed by atoms with Crippen LogP contribution in [0.2, 0.25) is 0 Å². The van der Waals surface area contributed by atoms with E-state index in [0.717, 1.165) is 12.2 Å². The molecule has 0 spiro atoms. The fourth-order valence-corrected chi connectivity index (χ4v) is 5.03. The van der Waals surface area contributed by atoms with Crippen LogP contribution in [0.3, 0.4) is 0 Å². The molecule has 0 radical (unpaired) electrons. The second-order valence-corrected chi connectivity index (χ2v) is 8.00. The summed E-state index contributed by atoms with van der Waals surface area (Å²) < 4.78 is 0. The summed E-state index contributed by atoms with van der Waals surface area (Å²) in [6.07, 6.45) is 0.908. The molecule has 0 saturated carbocycles. The second-order valence-electron chi connectivity index (χ2n) is 5.71. The van der Waals surface area contributed by atoms with Gasteiger partial charge in [-0.25, -0.2) is 0 Å². The lowest BCUT2D eigenvalue weighted by molar-refractivity contribution is -0.385. The first-order chi connectivity index (χ1) is 11.6. The van der Waals surface area contributed by atoms with Crippen LogP contribution in [-0.4, -0.2) is 34.6 Å². The second kappa shape index (κ2) is 7.36. The number of thioether (sulfide) groups is 1. The number of aryl methyl sites for hydroxylation is 1. The molecule has 1 fully saturated rings. The van der Waals surface area contributed by atoms with E-state index in [4.69, 9.17) is 0 Å². The molecule has 1 aromatic carbocycles. The Balaban J connectivity index is 1.73. The highest BCUT2D eigenvalue weighted by molar-refractivity contribution is 7.99. The van der Waals surface area contributed by atoms with Crippen molar-refractivity contribution in [3.05, 3.63) is 61.8 Å². The summed E-state index contributed by atoms with van der Waals surface area (Å²) in [5.74, 6) is 0.757. The van der Waals surface area contributed by atoms with Crippen molar-refractivity contribution in [1.29, 1.82) is 0 Å². The number of nitro benzene ring substituents is 1. The third-order valence-corrected chi connectivity index (χ3v) is 6.59. The molecule has 1 aromatic heterocycles. The number of carbonyl (C=O) groups excluding carboxylic acids is 1. The summed E-state index contributed by atoms with van der Waals surface area (Å²) in [5, 5.41) is 13.6. The lowest BCUT2D eigenvalue weighted by Crippen LogP contribution is -2.33. The first kappa shape index (κ1) is 17.0. The molecular formula is C17H18N2O3S2. The van der Waals surface area contributed by atoms with E-state index < -0.39 is 4.92 Å². The summed E-state index contributed by atoms with van der Waals surface area (Å²) in [7, 11) is 0. The quantitative estimate of drug-likeness (QED) is 0.604. The molecule has 1 atom stereocenters. The average molecular weight is 362 g/mol. The molecule has 7 heteroatoms. The van der Waals surface area contributed by atoms with E-state index in [-0.39, 0.29) is 11.6 Å². The van der Waals surface area contributed by atoms with Crippen LogP contribution >= 0.6 is 23.1 Å². The van der Waals surface area contributed by atoms with Gasteiger partial charge in [-0.05, 0) is 30.9 Å². The maximum atomic E-state index is 12.7. The molecule has 126 valence electrons. The van der Waals surface area contributed by atoms with Crippen molar-refractivity contribution in [2.24, 2.45) is 0 Å². The zero-order valence-electron chi connectivity index (χ0n) is 13.3. The van der Waals surface area contributed by atoms with Crippen LogP contribution < -0.4 is 0 Å².